The molecule has 0 saturated carbocycles. The van der Waals surface area contributed by atoms with Gasteiger partial charge in [0.15, 0.2) is 0 Å². The smallest absolute Gasteiger partial charge is 0.0755 e. The van der Waals surface area contributed by atoms with Gasteiger partial charge in [-0.3, -0.25) is 9.88 Å². The lowest BCUT2D eigenvalue weighted by Crippen LogP contribution is -2.46. The van der Waals surface area contributed by atoms with Crippen molar-refractivity contribution in [3.05, 3.63) is 30.1 Å². The Bertz CT molecular complexity index is 309. The van der Waals surface area contributed by atoms with Gasteiger partial charge in [0.2, 0.25) is 0 Å². The lowest BCUT2D eigenvalue weighted by molar-refractivity contribution is 0.0727. The van der Waals surface area contributed by atoms with Gasteiger partial charge in [-0.1, -0.05) is 6.07 Å². The molecule has 4 nitrogen and oxygen atoms in total. The number of aliphatic hydroxyl groups excluding tert-OH is 1. The van der Waals surface area contributed by atoms with E-state index >= 15 is 0 Å². The molecule has 1 unspecified atom stereocenters. The van der Waals surface area contributed by atoms with Crippen LogP contribution >= 0.6 is 0 Å². The average Bonchev–Trinajstić information content (AvgIpc) is 2.34. The third kappa shape index (κ3) is 2.58. The fourth-order valence-electron chi connectivity index (χ4n) is 2.10. The van der Waals surface area contributed by atoms with Gasteiger partial charge in [-0.25, -0.2) is 0 Å². The molecule has 16 heavy (non-hydrogen) atoms. The van der Waals surface area contributed by atoms with E-state index in [0.717, 1.165) is 31.9 Å². The van der Waals surface area contributed by atoms with E-state index in [-0.39, 0.29) is 12.6 Å². The number of nitrogens with zero attached hydrogens (tertiary/aromatic N) is 3. The maximum absolute atomic E-state index is 9.50. The largest absolute Gasteiger partial charge is 0.394 e. The van der Waals surface area contributed by atoms with Crippen molar-refractivity contribution >= 4 is 0 Å². The lowest BCUT2D eigenvalue weighted by Gasteiger charge is -2.36. The molecule has 0 spiro atoms. The third-order valence-corrected chi connectivity index (χ3v) is 3.18. The van der Waals surface area contributed by atoms with Gasteiger partial charge >= 0.3 is 0 Å². The molecule has 0 bridgehead atoms. The highest BCUT2D eigenvalue weighted by molar-refractivity contribution is 5.09. The monoisotopic (exact) mass is 221 g/mol. The maximum Gasteiger partial charge on any atom is 0.0755 e. The van der Waals surface area contributed by atoms with E-state index in [4.69, 9.17) is 0 Å². The Labute approximate surface area is 96.5 Å². The van der Waals surface area contributed by atoms with Crippen molar-refractivity contribution in [1.82, 2.24) is 14.8 Å². The zero-order valence-corrected chi connectivity index (χ0v) is 9.71. The Kier molecular flexibility index (Phi) is 3.88. The van der Waals surface area contributed by atoms with Crippen molar-refractivity contribution in [1.29, 1.82) is 0 Å². The van der Waals surface area contributed by atoms with Gasteiger partial charge in [-0.05, 0) is 19.2 Å². The highest BCUT2D eigenvalue weighted by Crippen LogP contribution is 2.19. The van der Waals surface area contributed by atoms with Crippen LogP contribution in [0.15, 0.2) is 24.4 Å². The minimum Gasteiger partial charge on any atom is -0.394 e. The fraction of sp³-hybridized carbons (Fsp3) is 0.583. The van der Waals surface area contributed by atoms with Gasteiger partial charge < -0.3 is 10.0 Å². The molecule has 0 amide bonds. The van der Waals surface area contributed by atoms with E-state index in [9.17, 15) is 5.11 Å². The van der Waals surface area contributed by atoms with Crippen LogP contribution in [0, 0.1) is 0 Å². The maximum atomic E-state index is 9.50. The molecule has 1 aliphatic heterocycles. The van der Waals surface area contributed by atoms with Gasteiger partial charge in [-0.15, -0.1) is 0 Å². The van der Waals surface area contributed by atoms with E-state index in [1.807, 2.05) is 18.2 Å². The fourth-order valence-corrected chi connectivity index (χ4v) is 2.10. The number of piperazine rings is 1. The second-order valence-corrected chi connectivity index (χ2v) is 4.29. The molecule has 2 heterocycles. The lowest BCUT2D eigenvalue weighted by atomic mass is 10.1. The van der Waals surface area contributed by atoms with Crippen molar-refractivity contribution in [3.63, 3.8) is 0 Å². The van der Waals surface area contributed by atoms with Gasteiger partial charge in [0, 0.05) is 32.4 Å². The summed E-state index contributed by atoms with van der Waals surface area (Å²) >= 11 is 0. The van der Waals surface area contributed by atoms with Crippen LogP contribution in [-0.4, -0.2) is 59.7 Å². The van der Waals surface area contributed by atoms with E-state index in [2.05, 4.69) is 21.8 Å². The number of hydrogen-bond donors (Lipinski definition) is 1. The molecule has 0 aromatic carbocycles. The Hall–Kier alpha value is -0.970. The van der Waals surface area contributed by atoms with E-state index < -0.39 is 0 Å². The third-order valence-electron chi connectivity index (χ3n) is 3.18. The molecule has 1 aliphatic rings. The first-order chi connectivity index (χ1) is 7.81. The zero-order valence-electron chi connectivity index (χ0n) is 9.71. The number of hydrogen-bond acceptors (Lipinski definition) is 4. The Balaban J connectivity index is 2.05. The zero-order chi connectivity index (χ0) is 11.4. The molecule has 0 radical (unpaired) electrons. The molecule has 1 N–H and O–H groups in total. The van der Waals surface area contributed by atoms with Crippen LogP contribution in [-0.2, 0) is 0 Å². The van der Waals surface area contributed by atoms with Crippen molar-refractivity contribution < 1.29 is 5.11 Å². The number of rotatable bonds is 3. The van der Waals surface area contributed by atoms with Crippen molar-refractivity contribution in [2.75, 3.05) is 39.8 Å². The van der Waals surface area contributed by atoms with E-state index in [0.29, 0.717) is 0 Å². The van der Waals surface area contributed by atoms with Crippen LogP contribution in [0.4, 0.5) is 0 Å². The molecule has 88 valence electrons. The highest BCUT2D eigenvalue weighted by Gasteiger charge is 2.23. The summed E-state index contributed by atoms with van der Waals surface area (Å²) in [6.45, 7) is 4.25. The molecule has 2 rings (SSSR count). The second-order valence-electron chi connectivity index (χ2n) is 4.29. The van der Waals surface area contributed by atoms with Crippen LogP contribution in [0.25, 0.3) is 0 Å². The highest BCUT2D eigenvalue weighted by atomic mass is 16.3. The van der Waals surface area contributed by atoms with Gasteiger partial charge in [0.05, 0.1) is 18.3 Å². The summed E-state index contributed by atoms with van der Waals surface area (Å²) in [6.07, 6.45) is 1.79. The summed E-state index contributed by atoms with van der Waals surface area (Å²) in [5.74, 6) is 0. The topological polar surface area (TPSA) is 39.6 Å². The standard InChI is InChI=1S/C12H19N3O/c1-14-6-8-15(9-7-14)12(10-16)11-4-2-3-5-13-11/h2-5,12,16H,6-10H2,1H3. The minimum atomic E-state index is 0.0508. The first-order valence-corrected chi connectivity index (χ1v) is 5.75. The number of aliphatic hydroxyl groups is 1. The first kappa shape index (κ1) is 11.5. The molecular weight excluding hydrogens is 202 g/mol. The van der Waals surface area contributed by atoms with E-state index in [1.165, 1.54) is 0 Å². The number of likely N-dealkylation sites (N-methyl/N-ethyl adjacent to an activating group) is 1. The predicted molar refractivity (Wildman–Crippen MR) is 63.1 cm³/mol. The summed E-state index contributed by atoms with van der Waals surface area (Å²) in [5, 5.41) is 9.50. The van der Waals surface area contributed by atoms with Crippen LogP contribution < -0.4 is 0 Å². The molecule has 1 aromatic heterocycles. The normalized spacial score (nSPS) is 20.9. The quantitative estimate of drug-likeness (QED) is 0.800. The predicted octanol–water partition coefficient (Wildman–Crippen LogP) is 0.362. The molecule has 0 aliphatic carbocycles. The summed E-state index contributed by atoms with van der Waals surface area (Å²) in [5.41, 5.74) is 0.967. The van der Waals surface area contributed by atoms with Crippen LogP contribution in [0.2, 0.25) is 0 Å². The van der Waals surface area contributed by atoms with Crippen LogP contribution in [0.1, 0.15) is 11.7 Å². The first-order valence-electron chi connectivity index (χ1n) is 5.75. The van der Waals surface area contributed by atoms with Crippen molar-refractivity contribution in [2.45, 2.75) is 6.04 Å². The Morgan fingerprint density at radius 2 is 2.06 bits per heavy atom. The average molecular weight is 221 g/mol. The van der Waals surface area contributed by atoms with Crippen molar-refractivity contribution in [3.8, 4) is 0 Å². The SMILES string of the molecule is CN1CCN(C(CO)c2ccccn2)CC1. The molecular formula is C12H19N3O. The number of pyridine rings is 1. The molecule has 4 heteroatoms. The van der Waals surface area contributed by atoms with Gasteiger partial charge in [0.25, 0.3) is 0 Å². The van der Waals surface area contributed by atoms with Crippen molar-refractivity contribution in [2.24, 2.45) is 0 Å². The molecule has 1 aromatic rings. The Morgan fingerprint density at radius 1 is 1.31 bits per heavy atom. The van der Waals surface area contributed by atoms with Crippen LogP contribution in [0.5, 0.6) is 0 Å². The second kappa shape index (κ2) is 5.39. The van der Waals surface area contributed by atoms with Crippen LogP contribution in [0.3, 0.4) is 0 Å². The molecule has 1 fully saturated rings. The van der Waals surface area contributed by atoms with Gasteiger partial charge in [-0.2, -0.15) is 0 Å². The van der Waals surface area contributed by atoms with Gasteiger partial charge in [0.1, 0.15) is 0 Å². The summed E-state index contributed by atoms with van der Waals surface area (Å²) in [6, 6.07) is 5.91. The molecule has 1 saturated heterocycles. The van der Waals surface area contributed by atoms with E-state index in [1.54, 1.807) is 6.20 Å². The summed E-state index contributed by atoms with van der Waals surface area (Å²) in [7, 11) is 2.13. The summed E-state index contributed by atoms with van der Waals surface area (Å²) in [4.78, 5) is 8.95. The Morgan fingerprint density at radius 3 is 2.62 bits per heavy atom. The molecule has 1 atom stereocenters. The summed E-state index contributed by atoms with van der Waals surface area (Å²) < 4.78 is 0. The minimum absolute atomic E-state index is 0.0508. The number of aromatic nitrogens is 1.